The molecule has 2 rings (SSSR count). The largest absolute Gasteiger partial charge is 0.494 e. The molecule has 0 radical (unpaired) electrons. The third-order valence-electron chi connectivity index (χ3n) is 2.57. The summed E-state index contributed by atoms with van der Waals surface area (Å²) in [5.41, 5.74) is 1.36. The van der Waals surface area contributed by atoms with E-state index >= 15 is 0 Å². The molecule has 1 N–H and O–H groups in total. The second kappa shape index (κ2) is 5.49. The van der Waals surface area contributed by atoms with Gasteiger partial charge in [-0.25, -0.2) is 0 Å². The van der Waals surface area contributed by atoms with Crippen molar-refractivity contribution in [3.05, 3.63) is 35.4 Å². The number of carbonyl (C=O) groups excluding carboxylic acids is 2. The van der Waals surface area contributed by atoms with Crippen LogP contribution in [0.25, 0.3) is 6.08 Å². The van der Waals surface area contributed by atoms with Gasteiger partial charge in [-0.2, -0.15) is 0 Å². The van der Waals surface area contributed by atoms with Gasteiger partial charge in [0.05, 0.1) is 13.0 Å². The summed E-state index contributed by atoms with van der Waals surface area (Å²) >= 11 is 0. The molecule has 1 aromatic rings. The number of hydrogen-bond acceptors (Lipinski definition) is 3. The van der Waals surface area contributed by atoms with Gasteiger partial charge in [-0.1, -0.05) is 19.1 Å². The summed E-state index contributed by atoms with van der Waals surface area (Å²) < 4.78 is 5.51. The summed E-state index contributed by atoms with van der Waals surface area (Å²) in [5, 5.41) is 2.26. The van der Waals surface area contributed by atoms with Crippen molar-refractivity contribution in [3.8, 4) is 5.75 Å². The smallest absolute Gasteiger partial charge is 0.254 e. The first-order valence-corrected chi connectivity index (χ1v) is 5.96. The van der Waals surface area contributed by atoms with Crippen molar-refractivity contribution in [2.24, 2.45) is 0 Å². The zero-order chi connectivity index (χ0) is 13.0. The van der Waals surface area contributed by atoms with Crippen LogP contribution < -0.4 is 10.1 Å². The molecule has 1 saturated heterocycles. The van der Waals surface area contributed by atoms with Crippen LogP contribution in [-0.2, 0) is 9.59 Å². The first kappa shape index (κ1) is 12.4. The van der Waals surface area contributed by atoms with Gasteiger partial charge in [0, 0.05) is 5.57 Å². The summed E-state index contributed by atoms with van der Waals surface area (Å²) in [6.07, 6.45) is 2.82. The quantitative estimate of drug-likeness (QED) is 0.651. The van der Waals surface area contributed by atoms with E-state index in [1.807, 2.05) is 31.2 Å². The molecular formula is C14H15NO3. The van der Waals surface area contributed by atoms with E-state index in [1.54, 1.807) is 6.08 Å². The number of hydrogen-bond donors (Lipinski definition) is 1. The van der Waals surface area contributed by atoms with Crippen molar-refractivity contribution in [1.29, 1.82) is 0 Å². The highest BCUT2D eigenvalue weighted by Gasteiger charge is 2.23. The van der Waals surface area contributed by atoms with Crippen molar-refractivity contribution in [1.82, 2.24) is 5.32 Å². The normalized spacial score (nSPS) is 17.1. The molecule has 1 fully saturated rings. The SMILES string of the molecule is CCCOc1cccc(C=C2CC(=O)NC2=O)c1. The van der Waals surface area contributed by atoms with E-state index in [-0.39, 0.29) is 18.2 Å². The number of nitrogens with one attached hydrogen (secondary N) is 1. The molecule has 0 atom stereocenters. The number of imide groups is 1. The average molecular weight is 245 g/mol. The minimum atomic E-state index is -0.306. The van der Waals surface area contributed by atoms with E-state index in [0.29, 0.717) is 12.2 Å². The van der Waals surface area contributed by atoms with Crippen LogP contribution in [0.4, 0.5) is 0 Å². The first-order chi connectivity index (χ1) is 8.69. The Labute approximate surface area is 106 Å². The number of amides is 2. The van der Waals surface area contributed by atoms with E-state index < -0.39 is 0 Å². The monoisotopic (exact) mass is 245 g/mol. The molecule has 0 aromatic heterocycles. The molecule has 4 heteroatoms. The highest BCUT2D eigenvalue weighted by Crippen LogP contribution is 2.19. The lowest BCUT2D eigenvalue weighted by Crippen LogP contribution is -2.19. The van der Waals surface area contributed by atoms with Crippen LogP contribution in [-0.4, -0.2) is 18.4 Å². The molecule has 18 heavy (non-hydrogen) atoms. The molecule has 1 aliphatic rings. The molecule has 1 aliphatic heterocycles. The average Bonchev–Trinajstić information content (AvgIpc) is 2.66. The van der Waals surface area contributed by atoms with Crippen LogP contribution in [0.3, 0.4) is 0 Å². The van der Waals surface area contributed by atoms with Crippen molar-refractivity contribution in [3.63, 3.8) is 0 Å². The fourth-order valence-electron chi connectivity index (χ4n) is 1.74. The highest BCUT2D eigenvalue weighted by molar-refractivity contribution is 6.15. The number of carbonyl (C=O) groups is 2. The van der Waals surface area contributed by atoms with Crippen molar-refractivity contribution >= 4 is 17.9 Å². The fourth-order valence-corrected chi connectivity index (χ4v) is 1.74. The topological polar surface area (TPSA) is 55.4 Å². The second-order valence-electron chi connectivity index (χ2n) is 4.14. The Bertz CT molecular complexity index is 506. The van der Waals surface area contributed by atoms with Gasteiger partial charge in [0.25, 0.3) is 5.91 Å². The predicted molar refractivity (Wildman–Crippen MR) is 68.0 cm³/mol. The molecule has 1 heterocycles. The van der Waals surface area contributed by atoms with Gasteiger partial charge in [-0.05, 0) is 30.2 Å². The molecule has 1 aromatic carbocycles. The van der Waals surface area contributed by atoms with Gasteiger partial charge in [0.2, 0.25) is 5.91 Å². The highest BCUT2D eigenvalue weighted by atomic mass is 16.5. The number of rotatable bonds is 4. The second-order valence-corrected chi connectivity index (χ2v) is 4.14. The van der Waals surface area contributed by atoms with Crippen LogP contribution in [0.15, 0.2) is 29.8 Å². The Hall–Kier alpha value is -2.10. The summed E-state index contributed by atoms with van der Waals surface area (Å²) in [4.78, 5) is 22.5. The molecule has 0 aliphatic carbocycles. The summed E-state index contributed by atoms with van der Waals surface area (Å²) in [6.45, 7) is 2.71. The molecule has 2 amide bonds. The lowest BCUT2D eigenvalue weighted by atomic mass is 10.1. The van der Waals surface area contributed by atoms with Crippen LogP contribution >= 0.6 is 0 Å². The third-order valence-corrected chi connectivity index (χ3v) is 2.57. The Kier molecular flexibility index (Phi) is 3.77. The molecule has 0 spiro atoms. The Balaban J connectivity index is 2.16. The minimum Gasteiger partial charge on any atom is -0.494 e. The lowest BCUT2D eigenvalue weighted by Gasteiger charge is -2.05. The maximum Gasteiger partial charge on any atom is 0.254 e. The lowest BCUT2D eigenvalue weighted by molar-refractivity contribution is -0.124. The molecule has 0 saturated carbocycles. The maximum absolute atomic E-state index is 11.4. The standard InChI is InChI=1S/C14H15NO3/c1-2-6-18-12-5-3-4-10(8-12)7-11-9-13(16)15-14(11)17/h3-5,7-8H,2,6,9H2,1H3,(H,15,16,17). The molecule has 4 nitrogen and oxygen atoms in total. The molecular weight excluding hydrogens is 230 g/mol. The fraction of sp³-hybridized carbons (Fsp3) is 0.286. The summed E-state index contributed by atoms with van der Waals surface area (Å²) in [7, 11) is 0. The zero-order valence-corrected chi connectivity index (χ0v) is 10.2. The summed E-state index contributed by atoms with van der Waals surface area (Å²) in [6, 6.07) is 7.48. The van der Waals surface area contributed by atoms with Gasteiger partial charge >= 0.3 is 0 Å². The van der Waals surface area contributed by atoms with Crippen molar-refractivity contribution in [2.75, 3.05) is 6.61 Å². The van der Waals surface area contributed by atoms with E-state index in [1.165, 1.54) is 0 Å². The van der Waals surface area contributed by atoms with Crippen molar-refractivity contribution in [2.45, 2.75) is 19.8 Å². The van der Waals surface area contributed by atoms with Gasteiger partial charge in [-0.3, -0.25) is 14.9 Å². The number of ether oxygens (including phenoxy) is 1. The van der Waals surface area contributed by atoms with Crippen LogP contribution in [0.2, 0.25) is 0 Å². The van der Waals surface area contributed by atoms with E-state index in [0.717, 1.165) is 17.7 Å². The number of benzene rings is 1. The Morgan fingerprint density at radius 1 is 1.39 bits per heavy atom. The van der Waals surface area contributed by atoms with Gasteiger partial charge in [0.15, 0.2) is 0 Å². The van der Waals surface area contributed by atoms with Crippen LogP contribution in [0, 0.1) is 0 Å². The van der Waals surface area contributed by atoms with Gasteiger partial charge in [0.1, 0.15) is 5.75 Å². The van der Waals surface area contributed by atoms with Crippen molar-refractivity contribution < 1.29 is 14.3 Å². The maximum atomic E-state index is 11.4. The van der Waals surface area contributed by atoms with Crippen LogP contribution in [0.5, 0.6) is 5.75 Å². The third kappa shape index (κ3) is 2.97. The Morgan fingerprint density at radius 3 is 2.89 bits per heavy atom. The molecule has 0 unspecified atom stereocenters. The van der Waals surface area contributed by atoms with E-state index in [4.69, 9.17) is 4.74 Å². The van der Waals surface area contributed by atoms with Crippen LogP contribution in [0.1, 0.15) is 25.3 Å². The van der Waals surface area contributed by atoms with Gasteiger partial charge < -0.3 is 4.74 Å². The molecule has 94 valence electrons. The summed E-state index contributed by atoms with van der Waals surface area (Å²) in [5.74, 6) is 0.223. The zero-order valence-electron chi connectivity index (χ0n) is 10.2. The molecule has 0 bridgehead atoms. The van der Waals surface area contributed by atoms with E-state index in [9.17, 15) is 9.59 Å². The first-order valence-electron chi connectivity index (χ1n) is 5.96. The van der Waals surface area contributed by atoms with E-state index in [2.05, 4.69) is 5.32 Å². The minimum absolute atomic E-state index is 0.152. The van der Waals surface area contributed by atoms with Gasteiger partial charge in [-0.15, -0.1) is 0 Å². The predicted octanol–water partition coefficient (Wildman–Crippen LogP) is 1.91. The Morgan fingerprint density at radius 2 is 2.22 bits per heavy atom.